The van der Waals surface area contributed by atoms with Gasteiger partial charge in [0, 0.05) is 10.4 Å². The molecule has 3 nitrogen and oxygen atoms in total. The predicted molar refractivity (Wildman–Crippen MR) is 75.2 cm³/mol. The van der Waals surface area contributed by atoms with Crippen LogP contribution in [0.2, 0.25) is 5.02 Å². The van der Waals surface area contributed by atoms with E-state index in [9.17, 15) is 9.18 Å². The molecule has 1 heterocycles. The molecule has 0 saturated heterocycles. The molecule has 2 aromatic rings. The second kappa shape index (κ2) is 6.45. The van der Waals surface area contributed by atoms with E-state index in [0.717, 1.165) is 4.88 Å². The van der Waals surface area contributed by atoms with Crippen molar-refractivity contribution < 1.29 is 9.18 Å². The van der Waals surface area contributed by atoms with Crippen molar-refractivity contribution >= 4 is 35.1 Å². The van der Waals surface area contributed by atoms with Crippen molar-refractivity contribution in [2.75, 3.05) is 0 Å². The average molecular weight is 297 g/mol. The van der Waals surface area contributed by atoms with Crippen molar-refractivity contribution in [2.24, 2.45) is 5.10 Å². The summed E-state index contributed by atoms with van der Waals surface area (Å²) in [6.07, 6.45) is 1.45. The molecule has 0 aliphatic heterocycles. The Morgan fingerprint density at radius 1 is 1.42 bits per heavy atom. The van der Waals surface area contributed by atoms with Gasteiger partial charge in [-0.3, -0.25) is 4.79 Å². The summed E-state index contributed by atoms with van der Waals surface area (Å²) in [6, 6.07) is 8.07. The smallest absolute Gasteiger partial charge is 0.245 e. The Kier molecular flexibility index (Phi) is 4.65. The van der Waals surface area contributed by atoms with Crippen molar-refractivity contribution in [3.05, 3.63) is 57.0 Å². The van der Waals surface area contributed by atoms with Crippen molar-refractivity contribution in [3.8, 4) is 0 Å². The standard InChI is InChI=1S/C13H10ClFN2OS/c14-11-4-1-5-12(15)10(11)8-16-17-13(18)7-9-3-2-6-19-9/h1-6,8H,7H2,(H,17,18)/b16-8+. The normalized spacial score (nSPS) is 10.8. The minimum Gasteiger partial charge on any atom is -0.273 e. The number of amides is 1. The summed E-state index contributed by atoms with van der Waals surface area (Å²) in [4.78, 5) is 12.5. The topological polar surface area (TPSA) is 41.5 Å². The quantitative estimate of drug-likeness (QED) is 0.683. The lowest BCUT2D eigenvalue weighted by molar-refractivity contribution is -0.120. The molecule has 98 valence electrons. The average Bonchev–Trinajstić information content (AvgIpc) is 2.85. The molecule has 0 spiro atoms. The number of carbonyl (C=O) groups is 1. The van der Waals surface area contributed by atoms with Gasteiger partial charge >= 0.3 is 0 Å². The van der Waals surface area contributed by atoms with Crippen LogP contribution in [0.25, 0.3) is 0 Å². The van der Waals surface area contributed by atoms with Gasteiger partial charge in [0.15, 0.2) is 0 Å². The summed E-state index contributed by atoms with van der Waals surface area (Å²) in [5, 5.41) is 5.84. The summed E-state index contributed by atoms with van der Waals surface area (Å²) in [6.45, 7) is 0. The molecule has 0 fully saturated rings. The SMILES string of the molecule is O=C(Cc1cccs1)N/N=C/c1c(F)cccc1Cl. The molecule has 0 bridgehead atoms. The molecule has 0 saturated carbocycles. The summed E-state index contributed by atoms with van der Waals surface area (Å²) >= 11 is 7.31. The Morgan fingerprint density at radius 3 is 2.95 bits per heavy atom. The lowest BCUT2D eigenvalue weighted by atomic mass is 10.2. The van der Waals surface area contributed by atoms with Crippen LogP contribution in [0.3, 0.4) is 0 Å². The van der Waals surface area contributed by atoms with Crippen LogP contribution in [0.4, 0.5) is 4.39 Å². The molecule has 1 amide bonds. The summed E-state index contributed by atoms with van der Waals surface area (Å²) in [7, 11) is 0. The fraction of sp³-hybridized carbons (Fsp3) is 0.0769. The van der Waals surface area contributed by atoms with Crippen molar-refractivity contribution in [2.45, 2.75) is 6.42 Å². The minimum atomic E-state index is -0.483. The molecule has 6 heteroatoms. The highest BCUT2D eigenvalue weighted by molar-refractivity contribution is 7.10. The highest BCUT2D eigenvalue weighted by atomic mass is 35.5. The third-order valence-corrected chi connectivity index (χ3v) is 3.50. The van der Waals surface area contributed by atoms with Gasteiger partial charge < -0.3 is 0 Å². The maximum absolute atomic E-state index is 13.4. The predicted octanol–water partition coefficient (Wildman–Crippen LogP) is 3.23. The number of benzene rings is 1. The van der Waals surface area contributed by atoms with Crippen LogP contribution in [0.1, 0.15) is 10.4 Å². The first-order chi connectivity index (χ1) is 9.16. The van der Waals surface area contributed by atoms with Crippen LogP contribution in [-0.2, 0) is 11.2 Å². The van der Waals surface area contributed by atoms with E-state index in [2.05, 4.69) is 10.5 Å². The molecule has 0 unspecified atom stereocenters. The van der Waals surface area contributed by atoms with E-state index in [0.29, 0.717) is 0 Å². The largest absolute Gasteiger partial charge is 0.273 e. The van der Waals surface area contributed by atoms with Gasteiger partial charge in [0.2, 0.25) is 5.91 Å². The maximum atomic E-state index is 13.4. The Hall–Kier alpha value is -1.72. The summed E-state index contributed by atoms with van der Waals surface area (Å²) < 4.78 is 13.4. The number of hydrazone groups is 1. The first-order valence-electron chi connectivity index (χ1n) is 5.45. The van der Waals surface area contributed by atoms with Crippen LogP contribution in [0.5, 0.6) is 0 Å². The van der Waals surface area contributed by atoms with Crippen LogP contribution in [0.15, 0.2) is 40.8 Å². The van der Waals surface area contributed by atoms with E-state index < -0.39 is 5.82 Å². The number of thiophene rings is 1. The highest BCUT2D eigenvalue weighted by Crippen LogP contribution is 2.16. The molecule has 19 heavy (non-hydrogen) atoms. The molecule has 1 aromatic heterocycles. The first-order valence-corrected chi connectivity index (χ1v) is 6.71. The molecule has 0 aliphatic rings. The Morgan fingerprint density at radius 2 is 2.26 bits per heavy atom. The van der Waals surface area contributed by atoms with E-state index in [1.54, 1.807) is 6.07 Å². The highest BCUT2D eigenvalue weighted by Gasteiger charge is 2.05. The monoisotopic (exact) mass is 296 g/mol. The lowest BCUT2D eigenvalue weighted by Crippen LogP contribution is -2.19. The molecule has 1 N–H and O–H groups in total. The Bertz CT molecular complexity index is 578. The van der Waals surface area contributed by atoms with E-state index in [-0.39, 0.29) is 22.9 Å². The molecular formula is C13H10ClFN2OS. The molecule has 2 rings (SSSR count). The van der Waals surface area contributed by atoms with Gasteiger partial charge in [-0.25, -0.2) is 9.82 Å². The van der Waals surface area contributed by atoms with Gasteiger partial charge in [-0.1, -0.05) is 23.7 Å². The van der Waals surface area contributed by atoms with Gasteiger partial charge in [0.25, 0.3) is 0 Å². The third-order valence-electron chi connectivity index (χ3n) is 2.30. The Labute approximate surface area is 118 Å². The number of hydrogen-bond donors (Lipinski definition) is 1. The third kappa shape index (κ3) is 3.87. The van der Waals surface area contributed by atoms with Crippen molar-refractivity contribution in [1.29, 1.82) is 0 Å². The molecule has 1 aromatic carbocycles. The number of carbonyl (C=O) groups excluding carboxylic acids is 1. The van der Waals surface area contributed by atoms with Crippen LogP contribution >= 0.6 is 22.9 Å². The molecule has 0 aliphatic carbocycles. The zero-order valence-corrected chi connectivity index (χ0v) is 11.3. The van der Waals surface area contributed by atoms with Gasteiger partial charge in [-0.05, 0) is 23.6 Å². The van der Waals surface area contributed by atoms with E-state index in [1.165, 1.54) is 29.7 Å². The van der Waals surface area contributed by atoms with E-state index >= 15 is 0 Å². The number of nitrogens with zero attached hydrogens (tertiary/aromatic N) is 1. The van der Waals surface area contributed by atoms with Crippen LogP contribution < -0.4 is 5.43 Å². The van der Waals surface area contributed by atoms with Gasteiger partial charge in [-0.2, -0.15) is 5.10 Å². The van der Waals surface area contributed by atoms with Gasteiger partial charge in [0.05, 0.1) is 17.7 Å². The van der Waals surface area contributed by atoms with Crippen LogP contribution in [0, 0.1) is 5.82 Å². The van der Waals surface area contributed by atoms with E-state index in [1.807, 2.05) is 17.5 Å². The number of nitrogens with one attached hydrogen (secondary N) is 1. The minimum absolute atomic E-state index is 0.153. The second-order valence-corrected chi connectivity index (χ2v) is 5.12. The van der Waals surface area contributed by atoms with Gasteiger partial charge in [-0.15, -0.1) is 11.3 Å². The van der Waals surface area contributed by atoms with Crippen molar-refractivity contribution in [3.63, 3.8) is 0 Å². The fourth-order valence-electron chi connectivity index (χ4n) is 1.41. The zero-order chi connectivity index (χ0) is 13.7. The van der Waals surface area contributed by atoms with Crippen LogP contribution in [-0.4, -0.2) is 12.1 Å². The van der Waals surface area contributed by atoms with E-state index in [4.69, 9.17) is 11.6 Å². The zero-order valence-electron chi connectivity index (χ0n) is 9.77. The summed E-state index contributed by atoms with van der Waals surface area (Å²) in [5.41, 5.74) is 2.49. The summed E-state index contributed by atoms with van der Waals surface area (Å²) in [5.74, 6) is -0.741. The molecular weight excluding hydrogens is 287 g/mol. The maximum Gasteiger partial charge on any atom is 0.245 e. The van der Waals surface area contributed by atoms with Crippen molar-refractivity contribution in [1.82, 2.24) is 5.43 Å². The first kappa shape index (κ1) is 13.7. The molecule has 0 radical (unpaired) electrons. The second-order valence-electron chi connectivity index (χ2n) is 3.68. The van der Waals surface area contributed by atoms with Gasteiger partial charge in [0.1, 0.15) is 5.82 Å². The Balaban J connectivity index is 1.95. The number of rotatable bonds is 4. The number of hydrogen-bond acceptors (Lipinski definition) is 3. The number of halogens is 2. The molecule has 0 atom stereocenters. The fourth-order valence-corrected chi connectivity index (χ4v) is 2.33. The lowest BCUT2D eigenvalue weighted by Gasteiger charge is -2.00.